The van der Waals surface area contributed by atoms with Crippen LogP contribution in [0.5, 0.6) is 0 Å². The van der Waals surface area contributed by atoms with Gasteiger partial charge >= 0.3 is 0 Å². The molecule has 0 heterocycles. The molecule has 1 rings (SSSR count). The molecule has 1 aromatic carbocycles. The molecular formula is C12H18FNO. The van der Waals surface area contributed by atoms with Crippen LogP contribution in [0.4, 0.5) is 4.39 Å². The lowest BCUT2D eigenvalue weighted by atomic mass is 10.1. The summed E-state index contributed by atoms with van der Waals surface area (Å²) in [4.78, 5) is 5.20. The third-order valence-corrected chi connectivity index (χ3v) is 2.03. The van der Waals surface area contributed by atoms with Crippen LogP contribution in [0.3, 0.4) is 0 Å². The molecule has 0 saturated heterocycles. The average Bonchev–Trinajstić information content (AvgIpc) is 2.18. The van der Waals surface area contributed by atoms with Gasteiger partial charge < -0.3 is 4.84 Å². The summed E-state index contributed by atoms with van der Waals surface area (Å²) in [5.41, 5.74) is 4.37. The summed E-state index contributed by atoms with van der Waals surface area (Å²) in [6.07, 6.45) is 0. The van der Waals surface area contributed by atoms with E-state index in [1.807, 2.05) is 6.07 Å². The highest BCUT2D eigenvalue weighted by atomic mass is 19.1. The molecule has 0 atom stereocenters. The van der Waals surface area contributed by atoms with Crippen molar-refractivity contribution in [2.75, 3.05) is 6.61 Å². The van der Waals surface area contributed by atoms with Gasteiger partial charge in [-0.05, 0) is 30.0 Å². The molecule has 0 saturated carbocycles. The van der Waals surface area contributed by atoms with Crippen molar-refractivity contribution in [1.82, 2.24) is 5.48 Å². The highest BCUT2D eigenvalue weighted by Gasteiger charge is 1.99. The summed E-state index contributed by atoms with van der Waals surface area (Å²) in [5, 5.41) is 0. The van der Waals surface area contributed by atoms with E-state index < -0.39 is 0 Å². The molecule has 0 bridgehead atoms. The van der Waals surface area contributed by atoms with E-state index in [-0.39, 0.29) is 5.82 Å². The zero-order chi connectivity index (χ0) is 11.3. The van der Waals surface area contributed by atoms with Crippen LogP contribution >= 0.6 is 0 Å². The Morgan fingerprint density at radius 1 is 1.40 bits per heavy atom. The molecule has 15 heavy (non-hydrogen) atoms. The Morgan fingerprint density at radius 3 is 2.73 bits per heavy atom. The fourth-order valence-corrected chi connectivity index (χ4v) is 1.11. The zero-order valence-electron chi connectivity index (χ0n) is 9.51. The molecule has 0 aliphatic heterocycles. The Morgan fingerprint density at radius 2 is 2.13 bits per heavy atom. The van der Waals surface area contributed by atoms with Gasteiger partial charge in [0.25, 0.3) is 0 Å². The van der Waals surface area contributed by atoms with Gasteiger partial charge in [-0.15, -0.1) is 0 Å². The molecule has 0 aliphatic rings. The maximum absolute atomic E-state index is 13.1. The van der Waals surface area contributed by atoms with Crippen LogP contribution in [0.1, 0.15) is 25.0 Å². The van der Waals surface area contributed by atoms with Crippen LogP contribution in [0.25, 0.3) is 0 Å². The van der Waals surface area contributed by atoms with Crippen molar-refractivity contribution in [2.45, 2.75) is 27.3 Å². The van der Waals surface area contributed by atoms with Crippen LogP contribution in [0.15, 0.2) is 18.2 Å². The van der Waals surface area contributed by atoms with Crippen LogP contribution in [-0.4, -0.2) is 6.61 Å². The number of hydroxylamine groups is 1. The van der Waals surface area contributed by atoms with Gasteiger partial charge in [0.05, 0.1) is 6.61 Å². The standard InChI is InChI=1S/C12H18FNO/c1-9(2)8-15-14-7-11-5-4-10(3)12(13)6-11/h4-6,9,14H,7-8H2,1-3H3. The summed E-state index contributed by atoms with van der Waals surface area (Å²) >= 11 is 0. The average molecular weight is 211 g/mol. The van der Waals surface area contributed by atoms with Crippen molar-refractivity contribution in [2.24, 2.45) is 5.92 Å². The van der Waals surface area contributed by atoms with Gasteiger partial charge in [-0.1, -0.05) is 26.0 Å². The second-order valence-electron chi connectivity index (χ2n) is 4.11. The summed E-state index contributed by atoms with van der Waals surface area (Å²) in [6.45, 7) is 7.10. The molecule has 0 unspecified atom stereocenters. The normalized spacial score (nSPS) is 11.0. The first-order valence-corrected chi connectivity index (χ1v) is 5.19. The van der Waals surface area contributed by atoms with E-state index in [2.05, 4.69) is 19.3 Å². The minimum absolute atomic E-state index is 0.168. The predicted octanol–water partition coefficient (Wildman–Crippen LogP) is 2.81. The number of nitrogens with one attached hydrogen (secondary N) is 1. The Bertz CT molecular complexity index is 312. The fourth-order valence-electron chi connectivity index (χ4n) is 1.11. The van der Waals surface area contributed by atoms with Crippen molar-refractivity contribution in [3.63, 3.8) is 0 Å². The molecule has 0 fully saturated rings. The maximum atomic E-state index is 13.1. The molecule has 0 spiro atoms. The minimum atomic E-state index is -0.168. The summed E-state index contributed by atoms with van der Waals surface area (Å²) in [6, 6.07) is 5.19. The van der Waals surface area contributed by atoms with E-state index >= 15 is 0 Å². The second kappa shape index (κ2) is 5.83. The molecule has 2 nitrogen and oxygen atoms in total. The topological polar surface area (TPSA) is 21.3 Å². The number of aryl methyl sites for hydroxylation is 1. The summed E-state index contributed by atoms with van der Waals surface area (Å²) in [5.74, 6) is 0.324. The van der Waals surface area contributed by atoms with E-state index in [0.29, 0.717) is 24.6 Å². The van der Waals surface area contributed by atoms with Gasteiger partial charge in [0, 0.05) is 6.54 Å². The first-order chi connectivity index (χ1) is 7.09. The number of halogens is 1. The first kappa shape index (κ1) is 12.1. The third-order valence-electron chi connectivity index (χ3n) is 2.03. The number of benzene rings is 1. The van der Waals surface area contributed by atoms with Crippen molar-refractivity contribution in [3.8, 4) is 0 Å². The van der Waals surface area contributed by atoms with Gasteiger partial charge in [-0.2, -0.15) is 5.48 Å². The van der Waals surface area contributed by atoms with E-state index in [1.165, 1.54) is 6.07 Å². The lowest BCUT2D eigenvalue weighted by Gasteiger charge is -2.08. The van der Waals surface area contributed by atoms with Gasteiger partial charge in [-0.3, -0.25) is 0 Å². The molecule has 0 amide bonds. The Labute approximate surface area is 90.4 Å². The van der Waals surface area contributed by atoms with Crippen LogP contribution in [0.2, 0.25) is 0 Å². The van der Waals surface area contributed by atoms with Crippen molar-refractivity contribution >= 4 is 0 Å². The second-order valence-corrected chi connectivity index (χ2v) is 4.11. The summed E-state index contributed by atoms with van der Waals surface area (Å²) < 4.78 is 13.1. The van der Waals surface area contributed by atoms with Gasteiger partial charge in [0.1, 0.15) is 5.82 Å². The Hall–Kier alpha value is -0.930. The molecular weight excluding hydrogens is 193 g/mol. The van der Waals surface area contributed by atoms with Crippen LogP contribution < -0.4 is 5.48 Å². The molecule has 3 heteroatoms. The van der Waals surface area contributed by atoms with Crippen molar-refractivity contribution in [3.05, 3.63) is 35.1 Å². The van der Waals surface area contributed by atoms with Gasteiger partial charge in [0.15, 0.2) is 0 Å². The monoisotopic (exact) mass is 211 g/mol. The van der Waals surface area contributed by atoms with Gasteiger partial charge in [0.2, 0.25) is 0 Å². The van der Waals surface area contributed by atoms with E-state index in [4.69, 9.17) is 4.84 Å². The van der Waals surface area contributed by atoms with E-state index in [1.54, 1.807) is 13.0 Å². The zero-order valence-corrected chi connectivity index (χ0v) is 9.51. The minimum Gasteiger partial charge on any atom is -0.301 e. The maximum Gasteiger partial charge on any atom is 0.126 e. The first-order valence-electron chi connectivity index (χ1n) is 5.19. The number of rotatable bonds is 5. The SMILES string of the molecule is Cc1ccc(CNOCC(C)C)cc1F. The lowest BCUT2D eigenvalue weighted by molar-refractivity contribution is 0.0196. The predicted molar refractivity (Wildman–Crippen MR) is 58.8 cm³/mol. The molecule has 0 aromatic heterocycles. The van der Waals surface area contributed by atoms with Crippen LogP contribution in [0, 0.1) is 18.7 Å². The highest BCUT2D eigenvalue weighted by Crippen LogP contribution is 2.08. The van der Waals surface area contributed by atoms with Gasteiger partial charge in [-0.25, -0.2) is 4.39 Å². The molecule has 84 valence electrons. The van der Waals surface area contributed by atoms with Crippen molar-refractivity contribution in [1.29, 1.82) is 0 Å². The van der Waals surface area contributed by atoms with Crippen LogP contribution in [-0.2, 0) is 11.4 Å². The molecule has 1 aromatic rings. The fraction of sp³-hybridized carbons (Fsp3) is 0.500. The molecule has 1 N–H and O–H groups in total. The largest absolute Gasteiger partial charge is 0.301 e. The Kier molecular flexibility index (Phi) is 4.72. The summed E-state index contributed by atoms with van der Waals surface area (Å²) in [7, 11) is 0. The number of hydrogen-bond acceptors (Lipinski definition) is 2. The quantitative estimate of drug-likeness (QED) is 0.597. The molecule has 0 radical (unpaired) electrons. The Balaban J connectivity index is 2.35. The number of hydrogen-bond donors (Lipinski definition) is 1. The van der Waals surface area contributed by atoms with Crippen molar-refractivity contribution < 1.29 is 9.23 Å². The van der Waals surface area contributed by atoms with E-state index in [0.717, 1.165) is 5.56 Å². The lowest BCUT2D eigenvalue weighted by Crippen LogP contribution is -2.17. The third kappa shape index (κ3) is 4.40. The smallest absolute Gasteiger partial charge is 0.126 e. The van der Waals surface area contributed by atoms with E-state index in [9.17, 15) is 4.39 Å². The molecule has 0 aliphatic carbocycles. The highest BCUT2D eigenvalue weighted by molar-refractivity contribution is 5.22.